The fraction of sp³-hybridized carbons (Fsp3) is 0.450. The van der Waals surface area contributed by atoms with Gasteiger partial charge in [-0.25, -0.2) is 0 Å². The second-order valence-corrected chi connectivity index (χ2v) is 7.22. The number of benzene rings is 1. The summed E-state index contributed by atoms with van der Waals surface area (Å²) < 4.78 is 5.50. The summed E-state index contributed by atoms with van der Waals surface area (Å²) in [6.45, 7) is 5.90. The first-order valence-corrected chi connectivity index (χ1v) is 9.90. The highest BCUT2D eigenvalue weighted by molar-refractivity contribution is 7.80. The van der Waals surface area contributed by atoms with Gasteiger partial charge in [0.25, 0.3) is 0 Å². The van der Waals surface area contributed by atoms with E-state index in [1.54, 1.807) is 6.26 Å². The van der Waals surface area contributed by atoms with E-state index < -0.39 is 0 Å². The Morgan fingerprint density at radius 2 is 1.88 bits per heavy atom. The predicted octanol–water partition coefficient (Wildman–Crippen LogP) is 5.25. The lowest BCUT2D eigenvalue weighted by Gasteiger charge is -2.26. The van der Waals surface area contributed by atoms with Crippen LogP contribution in [-0.4, -0.2) is 41.6 Å². The quantitative estimate of drug-likeness (QED) is 0.557. The zero-order valence-corrected chi connectivity index (χ0v) is 17.2. The lowest BCUT2D eigenvalue weighted by atomic mass is 10.3. The van der Waals surface area contributed by atoms with Gasteiger partial charge in [-0.3, -0.25) is 0 Å². The van der Waals surface area contributed by atoms with Crippen LogP contribution in [0.1, 0.15) is 31.9 Å². The number of nitrogens with zero attached hydrogens (tertiary/aromatic N) is 2. The molecule has 0 spiro atoms. The van der Waals surface area contributed by atoms with Gasteiger partial charge in [-0.2, -0.15) is 0 Å². The summed E-state index contributed by atoms with van der Waals surface area (Å²) in [5.74, 6) is 0.896. The Bertz CT molecular complexity index is 663. The zero-order chi connectivity index (χ0) is 18.8. The minimum Gasteiger partial charge on any atom is -0.467 e. The fourth-order valence-electron chi connectivity index (χ4n) is 2.67. The monoisotopic (exact) mass is 393 g/mol. The highest BCUT2D eigenvalue weighted by atomic mass is 35.5. The van der Waals surface area contributed by atoms with E-state index in [4.69, 9.17) is 28.2 Å². The maximum atomic E-state index is 6.24. The summed E-state index contributed by atoms with van der Waals surface area (Å²) in [6.07, 6.45) is 5.18. The lowest BCUT2D eigenvalue weighted by Crippen LogP contribution is -2.36. The molecule has 1 aromatic carbocycles. The molecule has 4 nitrogen and oxygen atoms in total. The van der Waals surface area contributed by atoms with Gasteiger partial charge in [0.2, 0.25) is 0 Å². The minimum atomic E-state index is 0.641. The van der Waals surface area contributed by atoms with Crippen LogP contribution in [0.3, 0.4) is 0 Å². The SMILES string of the molecule is CCCCN(C)CCCN(Cc1ccco1)C(=S)Nc1ccccc1Cl. The molecule has 142 valence electrons. The van der Waals surface area contributed by atoms with E-state index >= 15 is 0 Å². The average Bonchev–Trinajstić information content (AvgIpc) is 3.14. The Labute approximate surface area is 167 Å². The summed E-state index contributed by atoms with van der Waals surface area (Å²) in [7, 11) is 2.17. The summed E-state index contributed by atoms with van der Waals surface area (Å²) in [4.78, 5) is 4.50. The van der Waals surface area contributed by atoms with Crippen molar-refractivity contribution in [3.8, 4) is 0 Å². The zero-order valence-electron chi connectivity index (χ0n) is 15.6. The number of thiocarbonyl (C=S) groups is 1. The smallest absolute Gasteiger partial charge is 0.173 e. The van der Waals surface area contributed by atoms with Crippen molar-refractivity contribution >= 4 is 34.6 Å². The molecule has 0 unspecified atom stereocenters. The van der Waals surface area contributed by atoms with Crippen molar-refractivity contribution in [1.82, 2.24) is 9.80 Å². The van der Waals surface area contributed by atoms with Crippen molar-refractivity contribution < 1.29 is 4.42 Å². The first-order chi connectivity index (χ1) is 12.6. The summed E-state index contributed by atoms with van der Waals surface area (Å²) in [5.41, 5.74) is 0.823. The normalized spacial score (nSPS) is 10.9. The van der Waals surface area contributed by atoms with Gasteiger partial charge in [0.1, 0.15) is 5.76 Å². The molecule has 0 bridgehead atoms. The molecular formula is C20H28ClN3OS. The molecule has 2 rings (SSSR count). The van der Waals surface area contributed by atoms with Crippen LogP contribution in [0, 0.1) is 0 Å². The van der Waals surface area contributed by atoms with Gasteiger partial charge >= 0.3 is 0 Å². The number of para-hydroxylation sites is 1. The van der Waals surface area contributed by atoms with E-state index in [0.29, 0.717) is 16.7 Å². The van der Waals surface area contributed by atoms with E-state index in [9.17, 15) is 0 Å². The van der Waals surface area contributed by atoms with Crippen LogP contribution < -0.4 is 5.32 Å². The second kappa shape index (κ2) is 11.2. The molecule has 0 aliphatic heterocycles. The van der Waals surface area contributed by atoms with Gasteiger partial charge in [-0.15, -0.1) is 0 Å². The predicted molar refractivity (Wildman–Crippen MR) is 114 cm³/mol. The maximum absolute atomic E-state index is 6.24. The topological polar surface area (TPSA) is 31.6 Å². The molecular weight excluding hydrogens is 366 g/mol. The molecule has 0 aliphatic rings. The summed E-state index contributed by atoms with van der Waals surface area (Å²) >= 11 is 11.9. The third kappa shape index (κ3) is 6.98. The van der Waals surface area contributed by atoms with Gasteiger partial charge in [-0.05, 0) is 69.5 Å². The van der Waals surface area contributed by atoms with Crippen LogP contribution in [0.25, 0.3) is 0 Å². The Hall–Kier alpha value is -1.56. The van der Waals surface area contributed by atoms with Gasteiger partial charge in [-0.1, -0.05) is 37.1 Å². The van der Waals surface area contributed by atoms with Gasteiger partial charge < -0.3 is 19.5 Å². The Morgan fingerprint density at radius 1 is 1.12 bits per heavy atom. The number of nitrogens with one attached hydrogen (secondary N) is 1. The van der Waals surface area contributed by atoms with Crippen LogP contribution in [0.15, 0.2) is 47.1 Å². The molecule has 0 aliphatic carbocycles. The van der Waals surface area contributed by atoms with Crippen LogP contribution in [0.5, 0.6) is 0 Å². The van der Waals surface area contributed by atoms with Gasteiger partial charge in [0.15, 0.2) is 5.11 Å². The molecule has 1 heterocycles. The van der Waals surface area contributed by atoms with E-state index in [1.807, 2.05) is 36.4 Å². The Kier molecular flexibility index (Phi) is 8.95. The number of anilines is 1. The van der Waals surface area contributed by atoms with E-state index in [-0.39, 0.29) is 0 Å². The Balaban J connectivity index is 1.94. The number of hydrogen-bond acceptors (Lipinski definition) is 3. The van der Waals surface area contributed by atoms with E-state index in [2.05, 4.69) is 29.1 Å². The molecule has 2 aromatic rings. The van der Waals surface area contributed by atoms with Crippen LogP contribution in [-0.2, 0) is 6.54 Å². The standard InChI is InChI=1S/C20H28ClN3OS/c1-3-4-12-23(2)13-8-14-24(16-17-9-7-15-25-17)20(26)22-19-11-6-5-10-18(19)21/h5-7,9-11,15H,3-4,8,12-14,16H2,1-2H3,(H,22,26). The molecule has 0 fully saturated rings. The van der Waals surface area contributed by atoms with Crippen molar-refractivity contribution in [2.24, 2.45) is 0 Å². The van der Waals surface area contributed by atoms with Crippen molar-refractivity contribution in [2.75, 3.05) is 32.0 Å². The largest absolute Gasteiger partial charge is 0.467 e. The molecule has 0 radical (unpaired) electrons. The molecule has 0 saturated carbocycles. The van der Waals surface area contributed by atoms with Crippen LogP contribution in [0.4, 0.5) is 5.69 Å². The highest BCUT2D eigenvalue weighted by Crippen LogP contribution is 2.21. The first-order valence-electron chi connectivity index (χ1n) is 9.11. The number of hydrogen-bond donors (Lipinski definition) is 1. The van der Waals surface area contributed by atoms with Gasteiger partial charge in [0.05, 0.1) is 23.5 Å². The average molecular weight is 394 g/mol. The molecule has 6 heteroatoms. The molecule has 0 atom stereocenters. The second-order valence-electron chi connectivity index (χ2n) is 6.42. The number of rotatable bonds is 10. The van der Waals surface area contributed by atoms with Crippen LogP contribution in [0.2, 0.25) is 5.02 Å². The van der Waals surface area contributed by atoms with Gasteiger partial charge in [0, 0.05) is 6.54 Å². The van der Waals surface area contributed by atoms with E-state index in [1.165, 1.54) is 12.8 Å². The molecule has 1 N–H and O–H groups in total. The summed E-state index contributed by atoms with van der Waals surface area (Å²) in [5, 5.41) is 4.58. The van der Waals surface area contributed by atoms with Crippen molar-refractivity contribution in [3.63, 3.8) is 0 Å². The minimum absolute atomic E-state index is 0.641. The third-order valence-corrected chi connectivity index (χ3v) is 4.88. The molecule has 26 heavy (non-hydrogen) atoms. The summed E-state index contributed by atoms with van der Waals surface area (Å²) in [6, 6.07) is 11.5. The number of unbranched alkanes of at least 4 members (excludes halogenated alkanes) is 1. The van der Waals surface area contributed by atoms with Crippen molar-refractivity contribution in [1.29, 1.82) is 0 Å². The number of furan rings is 1. The maximum Gasteiger partial charge on any atom is 0.173 e. The van der Waals surface area contributed by atoms with Crippen molar-refractivity contribution in [2.45, 2.75) is 32.7 Å². The fourth-order valence-corrected chi connectivity index (χ4v) is 3.12. The highest BCUT2D eigenvalue weighted by Gasteiger charge is 2.13. The molecule has 0 amide bonds. The van der Waals surface area contributed by atoms with E-state index in [0.717, 1.165) is 37.5 Å². The Morgan fingerprint density at radius 3 is 2.58 bits per heavy atom. The third-order valence-electron chi connectivity index (χ3n) is 4.19. The lowest BCUT2D eigenvalue weighted by molar-refractivity contribution is 0.293. The van der Waals surface area contributed by atoms with Crippen molar-refractivity contribution in [3.05, 3.63) is 53.4 Å². The number of halogens is 1. The first kappa shape index (κ1) is 20.7. The van der Waals surface area contributed by atoms with Crippen LogP contribution >= 0.6 is 23.8 Å². The molecule has 1 aromatic heterocycles. The molecule has 0 saturated heterocycles.